The molecular formula is C32H39NO6S. The number of ether oxygens (including phenoxy) is 2. The van der Waals surface area contributed by atoms with Gasteiger partial charge in [-0.05, 0) is 105 Å². The summed E-state index contributed by atoms with van der Waals surface area (Å²) in [5.74, 6) is 0.990. The molecule has 40 heavy (non-hydrogen) atoms. The Morgan fingerprint density at radius 3 is 2.27 bits per heavy atom. The second-order valence-electron chi connectivity index (χ2n) is 11.3. The molecule has 2 atom stereocenters. The van der Waals surface area contributed by atoms with Crippen LogP contribution in [0, 0.1) is 13.8 Å². The Balaban J connectivity index is 1.40. The van der Waals surface area contributed by atoms with E-state index >= 15 is 0 Å². The molecule has 1 saturated heterocycles. The second-order valence-corrected chi connectivity index (χ2v) is 13.2. The smallest absolute Gasteiger partial charge is 0.242 e. The number of hydrogen-bond acceptors (Lipinski definition) is 6. The third-order valence-corrected chi connectivity index (χ3v) is 8.89. The van der Waals surface area contributed by atoms with E-state index in [0.717, 1.165) is 29.7 Å². The fourth-order valence-corrected chi connectivity index (χ4v) is 6.52. The van der Waals surface area contributed by atoms with Crippen molar-refractivity contribution >= 4 is 15.9 Å². The van der Waals surface area contributed by atoms with Crippen molar-refractivity contribution < 1.29 is 27.8 Å². The Morgan fingerprint density at radius 1 is 1.02 bits per heavy atom. The number of aliphatic hydroxyl groups is 1. The maximum absolute atomic E-state index is 12.1. The summed E-state index contributed by atoms with van der Waals surface area (Å²) in [4.78, 5) is 11.6. The molecule has 0 radical (unpaired) electrons. The van der Waals surface area contributed by atoms with Crippen LogP contribution in [0.3, 0.4) is 0 Å². The van der Waals surface area contributed by atoms with Gasteiger partial charge in [-0.2, -0.15) is 0 Å². The third-order valence-electron chi connectivity index (χ3n) is 7.19. The number of amides is 1. The third kappa shape index (κ3) is 7.43. The van der Waals surface area contributed by atoms with Crippen LogP contribution < -0.4 is 14.2 Å². The van der Waals surface area contributed by atoms with Crippen molar-refractivity contribution in [3.8, 4) is 22.6 Å². The Hall–Kier alpha value is -3.36. The minimum Gasteiger partial charge on any atom is -0.493 e. The molecule has 1 fully saturated rings. The highest BCUT2D eigenvalue weighted by Gasteiger charge is 2.37. The lowest BCUT2D eigenvalue weighted by atomic mass is 9.90. The monoisotopic (exact) mass is 565 g/mol. The van der Waals surface area contributed by atoms with E-state index in [2.05, 4.69) is 50.2 Å². The van der Waals surface area contributed by atoms with E-state index in [1.165, 1.54) is 16.7 Å². The number of aryl methyl sites for hydroxylation is 3. The summed E-state index contributed by atoms with van der Waals surface area (Å²) in [5, 5.41) is 9.10. The van der Waals surface area contributed by atoms with E-state index in [-0.39, 0.29) is 12.5 Å². The van der Waals surface area contributed by atoms with E-state index in [1.54, 1.807) is 38.1 Å². The van der Waals surface area contributed by atoms with E-state index in [4.69, 9.17) is 9.47 Å². The van der Waals surface area contributed by atoms with Crippen LogP contribution in [0.15, 0.2) is 60.7 Å². The molecule has 0 aromatic heterocycles. The van der Waals surface area contributed by atoms with Crippen LogP contribution in [-0.2, 0) is 21.2 Å². The lowest BCUT2D eigenvalue weighted by molar-refractivity contribution is -0.118. The predicted molar refractivity (Wildman–Crippen MR) is 157 cm³/mol. The number of carbonyl (C=O) groups excluding carboxylic acids is 1. The van der Waals surface area contributed by atoms with Crippen LogP contribution in [0.5, 0.6) is 11.5 Å². The molecule has 4 rings (SSSR count). The molecule has 3 aromatic carbocycles. The maximum Gasteiger partial charge on any atom is 0.242 e. The number of benzene rings is 3. The minimum atomic E-state index is -3.67. The Labute approximate surface area is 237 Å². The van der Waals surface area contributed by atoms with Gasteiger partial charge in [0.15, 0.2) is 0 Å². The van der Waals surface area contributed by atoms with Gasteiger partial charge in [0.2, 0.25) is 15.9 Å². The van der Waals surface area contributed by atoms with Crippen LogP contribution in [-0.4, -0.2) is 37.7 Å². The van der Waals surface area contributed by atoms with Crippen molar-refractivity contribution in [3.05, 3.63) is 82.9 Å². The molecule has 0 bridgehead atoms. The Morgan fingerprint density at radius 2 is 1.68 bits per heavy atom. The molecule has 8 heteroatoms. The summed E-state index contributed by atoms with van der Waals surface area (Å²) >= 11 is 0. The molecule has 0 saturated carbocycles. The summed E-state index contributed by atoms with van der Waals surface area (Å²) < 4.78 is 38.4. The first-order chi connectivity index (χ1) is 18.8. The van der Waals surface area contributed by atoms with Gasteiger partial charge in [0.25, 0.3) is 0 Å². The van der Waals surface area contributed by atoms with E-state index in [1.807, 2.05) is 11.6 Å². The number of carbonyl (C=O) groups is 1. The first kappa shape index (κ1) is 29.6. The zero-order chi connectivity index (χ0) is 29.1. The summed E-state index contributed by atoms with van der Waals surface area (Å²) in [5.41, 5.74) is 5.71. The summed E-state index contributed by atoms with van der Waals surface area (Å²) in [7, 11) is -3.67. The van der Waals surface area contributed by atoms with Crippen molar-refractivity contribution in [1.82, 2.24) is 4.72 Å². The van der Waals surface area contributed by atoms with Gasteiger partial charge in [0.1, 0.15) is 16.7 Å². The Bertz CT molecular complexity index is 1430. The molecule has 1 unspecified atom stereocenters. The zero-order valence-corrected chi connectivity index (χ0v) is 24.7. The van der Waals surface area contributed by atoms with Crippen LogP contribution >= 0.6 is 0 Å². The minimum absolute atomic E-state index is 0.0604. The molecule has 0 aliphatic carbocycles. The van der Waals surface area contributed by atoms with Crippen LogP contribution in [0.25, 0.3) is 11.1 Å². The van der Waals surface area contributed by atoms with Crippen molar-refractivity contribution in [2.75, 3.05) is 6.61 Å². The molecule has 214 valence electrons. The van der Waals surface area contributed by atoms with Gasteiger partial charge in [-0.15, -0.1) is 0 Å². The number of hydrogen-bond donors (Lipinski definition) is 2. The fourth-order valence-electron chi connectivity index (χ4n) is 5.09. The van der Waals surface area contributed by atoms with Gasteiger partial charge < -0.3 is 14.6 Å². The van der Waals surface area contributed by atoms with Gasteiger partial charge >= 0.3 is 0 Å². The largest absolute Gasteiger partial charge is 0.493 e. The van der Waals surface area contributed by atoms with E-state index in [0.29, 0.717) is 24.3 Å². The molecule has 0 spiro atoms. The SMILES string of the molecule is Cc1cc(OCCC(C)(C)O)cc(C)c1-c1ccccc1CC[C@H](C)Oc1ccc(C2CC(=O)NS2(=O)=O)cc1. The second kappa shape index (κ2) is 12.0. The number of nitrogens with one attached hydrogen (secondary N) is 1. The van der Waals surface area contributed by atoms with E-state index < -0.39 is 26.8 Å². The van der Waals surface area contributed by atoms with Gasteiger partial charge in [-0.1, -0.05) is 36.4 Å². The Kier molecular flexibility index (Phi) is 8.90. The summed E-state index contributed by atoms with van der Waals surface area (Å²) in [6.07, 6.45) is 2.05. The summed E-state index contributed by atoms with van der Waals surface area (Å²) in [6.45, 7) is 10.2. The van der Waals surface area contributed by atoms with Crippen LogP contribution in [0.2, 0.25) is 0 Å². The molecular weight excluding hydrogens is 526 g/mol. The van der Waals surface area contributed by atoms with Crippen molar-refractivity contribution in [3.63, 3.8) is 0 Å². The highest BCUT2D eigenvalue weighted by Crippen LogP contribution is 2.35. The van der Waals surface area contributed by atoms with Crippen molar-refractivity contribution in [2.24, 2.45) is 0 Å². The average Bonchev–Trinajstić information content (AvgIpc) is 3.14. The normalized spacial score (nSPS) is 17.4. The van der Waals surface area contributed by atoms with Gasteiger partial charge in [0.05, 0.1) is 24.7 Å². The van der Waals surface area contributed by atoms with Gasteiger partial charge in [-0.3, -0.25) is 9.52 Å². The molecule has 1 amide bonds. The zero-order valence-electron chi connectivity index (χ0n) is 23.9. The van der Waals surface area contributed by atoms with Gasteiger partial charge in [0, 0.05) is 6.42 Å². The number of sulfonamides is 1. The lowest BCUT2D eigenvalue weighted by Crippen LogP contribution is -2.21. The molecule has 7 nitrogen and oxygen atoms in total. The average molecular weight is 566 g/mol. The predicted octanol–water partition coefficient (Wildman–Crippen LogP) is 5.80. The summed E-state index contributed by atoms with van der Waals surface area (Å²) in [6, 6.07) is 19.5. The molecule has 3 aromatic rings. The first-order valence-corrected chi connectivity index (χ1v) is 15.2. The highest BCUT2D eigenvalue weighted by atomic mass is 32.2. The lowest BCUT2D eigenvalue weighted by Gasteiger charge is -2.20. The highest BCUT2D eigenvalue weighted by molar-refractivity contribution is 7.90. The maximum atomic E-state index is 12.1. The van der Waals surface area contributed by atoms with Gasteiger partial charge in [-0.25, -0.2) is 8.42 Å². The molecule has 1 aliphatic heterocycles. The quantitative estimate of drug-likeness (QED) is 0.305. The number of rotatable bonds is 11. The first-order valence-electron chi connectivity index (χ1n) is 13.7. The van der Waals surface area contributed by atoms with Crippen LogP contribution in [0.4, 0.5) is 0 Å². The van der Waals surface area contributed by atoms with E-state index in [9.17, 15) is 18.3 Å². The molecule has 2 N–H and O–H groups in total. The van der Waals surface area contributed by atoms with Crippen molar-refractivity contribution in [1.29, 1.82) is 0 Å². The molecule has 1 heterocycles. The topological polar surface area (TPSA) is 102 Å². The standard InChI is InChI=1S/C32H39NO6S/c1-21-18-27(38-17-16-32(4,5)35)19-22(2)31(21)28-9-7-6-8-24(28)11-10-23(3)39-26-14-12-25(13-15-26)29-20-30(34)33-40(29,36)37/h6-9,12-15,18-19,23,29,35H,10-11,16-17,20H2,1-5H3,(H,33,34)/t23-,29?/m0/s1. The fraction of sp³-hybridized carbons (Fsp3) is 0.406. The molecule has 1 aliphatic rings. The van der Waals surface area contributed by atoms with Crippen molar-refractivity contribution in [2.45, 2.75) is 77.3 Å². The van der Waals surface area contributed by atoms with Crippen LogP contribution in [0.1, 0.15) is 67.5 Å².